The molecule has 1 aliphatic rings. The molecule has 27 heavy (non-hydrogen) atoms. The highest BCUT2D eigenvalue weighted by Gasteiger charge is 2.34. The molecule has 0 saturated heterocycles. The van der Waals surface area contributed by atoms with Crippen LogP contribution in [-0.2, 0) is 0 Å². The molecule has 0 fully saturated rings. The molecular weight excluding hydrogens is 334 g/mol. The van der Waals surface area contributed by atoms with Crippen LogP contribution in [0.15, 0.2) is 79.0 Å². The van der Waals surface area contributed by atoms with E-state index in [1.54, 1.807) is 0 Å². The summed E-state index contributed by atoms with van der Waals surface area (Å²) in [4.78, 5) is 12.4. The van der Waals surface area contributed by atoms with Crippen LogP contribution in [0.4, 0.5) is 0 Å². The van der Waals surface area contributed by atoms with Gasteiger partial charge in [0.05, 0.1) is 10.9 Å². The molecule has 1 aliphatic carbocycles. The molecule has 6 rings (SSSR count). The molecule has 5 aromatic rings. The van der Waals surface area contributed by atoms with Crippen LogP contribution in [0.25, 0.3) is 49.3 Å². The predicted molar refractivity (Wildman–Crippen MR) is 106 cm³/mol. The molecule has 0 radical (unpaired) electrons. The van der Waals surface area contributed by atoms with Crippen molar-refractivity contribution in [3.8, 4) is 22.3 Å². The molecule has 126 valence electrons. The smallest absolute Gasteiger partial charge is 0.402 e. The molecule has 3 nitrogen and oxygen atoms in total. The monoisotopic (exact) mass is 348 g/mol. The summed E-state index contributed by atoms with van der Waals surface area (Å²) >= 11 is 0. The van der Waals surface area contributed by atoms with Gasteiger partial charge in [-0.1, -0.05) is 54.6 Å². The zero-order valence-electron chi connectivity index (χ0n) is 14.3. The van der Waals surface area contributed by atoms with Gasteiger partial charge in [0.2, 0.25) is 5.52 Å². The third-order valence-electron chi connectivity index (χ3n) is 5.59. The molecular formula is C24H14NO2+. The van der Waals surface area contributed by atoms with Crippen molar-refractivity contribution in [2.75, 3.05) is 0 Å². The van der Waals surface area contributed by atoms with Crippen molar-refractivity contribution in [1.29, 1.82) is 0 Å². The van der Waals surface area contributed by atoms with Gasteiger partial charge >= 0.3 is 11.7 Å². The first-order chi connectivity index (χ1) is 13.2. The van der Waals surface area contributed by atoms with E-state index in [0.717, 1.165) is 49.3 Å². The summed E-state index contributed by atoms with van der Waals surface area (Å²) in [7, 11) is 0. The molecule has 3 heteroatoms. The fourth-order valence-electron chi connectivity index (χ4n) is 4.51. The number of fused-ring (bicyclic) bond motifs is 6. The van der Waals surface area contributed by atoms with Crippen molar-refractivity contribution >= 4 is 33.0 Å². The molecule has 0 saturated carbocycles. The zero-order valence-corrected chi connectivity index (χ0v) is 14.3. The van der Waals surface area contributed by atoms with Crippen molar-refractivity contribution in [1.82, 2.24) is 0 Å². The number of rotatable bonds is 1. The number of aromatic carboxylic acids is 1. The molecule has 2 aromatic heterocycles. The molecule has 2 heterocycles. The SMILES string of the molecule is O=C(O)c1c2c(cc3c4ccccc4cc[n+]13)-c1cccc3cccc-2c13. The van der Waals surface area contributed by atoms with Crippen molar-refractivity contribution in [2.45, 2.75) is 0 Å². The average Bonchev–Trinajstić information content (AvgIpc) is 3.02. The minimum atomic E-state index is -0.915. The van der Waals surface area contributed by atoms with Gasteiger partial charge < -0.3 is 5.11 Å². The third kappa shape index (κ3) is 1.75. The molecule has 0 bridgehead atoms. The molecule has 1 N–H and O–H groups in total. The minimum absolute atomic E-state index is 0.317. The summed E-state index contributed by atoms with van der Waals surface area (Å²) < 4.78 is 1.81. The third-order valence-corrected chi connectivity index (χ3v) is 5.59. The quantitative estimate of drug-likeness (QED) is 0.333. The fraction of sp³-hybridized carbons (Fsp3) is 0. The number of benzene rings is 3. The van der Waals surface area contributed by atoms with E-state index in [1.165, 1.54) is 0 Å². The highest BCUT2D eigenvalue weighted by atomic mass is 16.4. The molecule has 0 atom stereocenters. The first-order valence-corrected chi connectivity index (χ1v) is 8.90. The van der Waals surface area contributed by atoms with Crippen LogP contribution in [0.3, 0.4) is 0 Å². The number of hydrogen-bond acceptors (Lipinski definition) is 1. The molecule has 0 aliphatic heterocycles. The normalized spacial score (nSPS) is 12.0. The fourth-order valence-corrected chi connectivity index (χ4v) is 4.51. The Labute approximate surface area is 154 Å². The molecule has 0 amide bonds. The molecule has 0 spiro atoms. The van der Waals surface area contributed by atoms with Gasteiger partial charge in [-0.3, -0.25) is 0 Å². The highest BCUT2D eigenvalue weighted by Crippen LogP contribution is 2.48. The number of carbonyl (C=O) groups is 1. The van der Waals surface area contributed by atoms with E-state index < -0.39 is 5.97 Å². The summed E-state index contributed by atoms with van der Waals surface area (Å²) in [6.07, 6.45) is 1.87. The van der Waals surface area contributed by atoms with E-state index in [0.29, 0.717) is 5.69 Å². The van der Waals surface area contributed by atoms with E-state index >= 15 is 0 Å². The minimum Gasteiger partial charge on any atom is -0.473 e. The number of carboxylic acid groups (broad SMARTS) is 1. The largest absolute Gasteiger partial charge is 0.473 e. The maximum absolute atomic E-state index is 12.4. The van der Waals surface area contributed by atoms with Crippen molar-refractivity contribution in [2.24, 2.45) is 0 Å². The van der Waals surface area contributed by atoms with Gasteiger partial charge in [0.25, 0.3) is 0 Å². The van der Waals surface area contributed by atoms with Crippen LogP contribution in [0.5, 0.6) is 0 Å². The number of aromatic nitrogens is 1. The Hall–Kier alpha value is -3.72. The Balaban J connectivity index is 1.90. The van der Waals surface area contributed by atoms with E-state index in [9.17, 15) is 9.90 Å². The summed E-state index contributed by atoms with van der Waals surface area (Å²) in [5.41, 5.74) is 5.14. The molecule has 0 unspecified atom stereocenters. The van der Waals surface area contributed by atoms with Crippen LogP contribution < -0.4 is 4.40 Å². The highest BCUT2D eigenvalue weighted by molar-refractivity contribution is 6.18. The maximum Gasteiger partial charge on any atom is 0.402 e. The number of hydrogen-bond donors (Lipinski definition) is 1. The number of nitrogens with zero attached hydrogens (tertiary/aromatic N) is 1. The lowest BCUT2D eigenvalue weighted by Crippen LogP contribution is -2.31. The van der Waals surface area contributed by atoms with Gasteiger partial charge in [0, 0.05) is 17.7 Å². The van der Waals surface area contributed by atoms with Gasteiger partial charge in [0.15, 0.2) is 6.20 Å². The lowest BCUT2D eigenvalue weighted by Gasteiger charge is -2.07. The first kappa shape index (κ1) is 14.4. The van der Waals surface area contributed by atoms with Crippen LogP contribution in [0, 0.1) is 0 Å². The Kier molecular flexibility index (Phi) is 2.63. The van der Waals surface area contributed by atoms with Crippen LogP contribution in [-0.4, -0.2) is 11.1 Å². The predicted octanol–water partition coefficient (Wildman–Crippen LogP) is 5.08. The Morgan fingerprint density at radius 3 is 2.33 bits per heavy atom. The molecule has 3 aromatic carbocycles. The van der Waals surface area contributed by atoms with Gasteiger partial charge in [-0.15, -0.1) is 0 Å². The standard InChI is InChI=1S/C24H13NO2/c26-24(27)23-22-18-10-4-7-15-6-3-9-17(21(15)18)19(22)13-20-16-8-2-1-5-14(16)11-12-25(20)23/h1-13H/p+1. The zero-order chi connectivity index (χ0) is 18.1. The Morgan fingerprint density at radius 1 is 0.778 bits per heavy atom. The van der Waals surface area contributed by atoms with Gasteiger partial charge in [-0.2, -0.15) is 4.40 Å². The summed E-state index contributed by atoms with van der Waals surface area (Å²) in [5.74, 6) is -0.915. The second kappa shape index (κ2) is 4.92. The lowest BCUT2D eigenvalue weighted by atomic mass is 10.00. The van der Waals surface area contributed by atoms with E-state index in [-0.39, 0.29) is 0 Å². The van der Waals surface area contributed by atoms with E-state index in [1.807, 2.05) is 53.1 Å². The topological polar surface area (TPSA) is 41.4 Å². The van der Waals surface area contributed by atoms with Crippen LogP contribution in [0.2, 0.25) is 0 Å². The number of carboxylic acids is 1. The second-order valence-corrected chi connectivity index (χ2v) is 6.95. The Morgan fingerprint density at radius 2 is 1.52 bits per heavy atom. The average molecular weight is 348 g/mol. The first-order valence-electron chi connectivity index (χ1n) is 8.90. The van der Waals surface area contributed by atoms with Crippen LogP contribution >= 0.6 is 0 Å². The van der Waals surface area contributed by atoms with E-state index in [4.69, 9.17) is 0 Å². The maximum atomic E-state index is 12.4. The van der Waals surface area contributed by atoms with Crippen molar-refractivity contribution < 1.29 is 14.3 Å². The second-order valence-electron chi connectivity index (χ2n) is 6.95. The van der Waals surface area contributed by atoms with Gasteiger partial charge in [-0.25, -0.2) is 4.79 Å². The van der Waals surface area contributed by atoms with Crippen molar-refractivity contribution in [3.05, 3.63) is 84.7 Å². The Bertz CT molecular complexity index is 1440. The summed E-state index contributed by atoms with van der Waals surface area (Å²) in [6, 6.07) is 24.5. The van der Waals surface area contributed by atoms with Gasteiger partial charge in [0.1, 0.15) is 0 Å². The number of pyridine rings is 2. The summed E-state index contributed by atoms with van der Waals surface area (Å²) in [5, 5.41) is 14.6. The summed E-state index contributed by atoms with van der Waals surface area (Å²) in [6.45, 7) is 0. The lowest BCUT2D eigenvalue weighted by molar-refractivity contribution is -0.513. The van der Waals surface area contributed by atoms with Crippen LogP contribution in [0.1, 0.15) is 10.5 Å². The van der Waals surface area contributed by atoms with Crippen molar-refractivity contribution in [3.63, 3.8) is 0 Å². The van der Waals surface area contributed by atoms with E-state index in [2.05, 4.69) is 30.3 Å². The van der Waals surface area contributed by atoms with Gasteiger partial charge in [-0.05, 0) is 33.4 Å².